The van der Waals surface area contributed by atoms with E-state index in [9.17, 15) is 8.42 Å². The molecule has 0 unspecified atom stereocenters. The van der Waals surface area contributed by atoms with Crippen molar-refractivity contribution in [1.29, 1.82) is 0 Å². The molecule has 0 spiro atoms. The molecule has 1 heterocycles. The highest BCUT2D eigenvalue weighted by Gasteiger charge is 2.34. The van der Waals surface area contributed by atoms with Crippen LogP contribution in [-0.2, 0) is 10.0 Å². The summed E-state index contributed by atoms with van der Waals surface area (Å²) in [7, 11) is -3.63. The fourth-order valence-electron chi connectivity index (χ4n) is 2.53. The third-order valence-electron chi connectivity index (χ3n) is 3.61. The maximum Gasteiger partial charge on any atom is 0.244 e. The van der Waals surface area contributed by atoms with Crippen molar-refractivity contribution in [2.45, 2.75) is 43.5 Å². The molecule has 1 saturated heterocycles. The summed E-state index contributed by atoms with van der Waals surface area (Å²) in [6.07, 6.45) is 3.60. The molecule has 1 aromatic rings. The first-order valence-electron chi connectivity index (χ1n) is 6.54. The molecule has 3 nitrogen and oxygen atoms in total. The number of rotatable bonds is 3. The van der Waals surface area contributed by atoms with Crippen molar-refractivity contribution in [3.8, 4) is 0 Å². The molecule has 0 aliphatic carbocycles. The lowest BCUT2D eigenvalue weighted by atomic mass is 10.0. The molecule has 0 bridgehead atoms. The van der Waals surface area contributed by atoms with Crippen LogP contribution in [0.5, 0.6) is 0 Å². The Morgan fingerprint density at radius 2 is 1.80 bits per heavy atom. The molecule has 1 atom stereocenters. The third-order valence-corrected chi connectivity index (χ3v) is 6.74. The average Bonchev–Trinajstić information content (AvgIpc) is 2.42. The number of benzene rings is 1. The summed E-state index contributed by atoms with van der Waals surface area (Å²) in [5.74, 6) is 0. The fourth-order valence-corrected chi connectivity index (χ4v) is 5.27. The maximum absolute atomic E-state index is 12.8. The van der Waals surface area contributed by atoms with Crippen molar-refractivity contribution in [2.75, 3.05) is 6.54 Å². The van der Waals surface area contributed by atoms with Gasteiger partial charge in [-0.2, -0.15) is 4.31 Å². The minimum Gasteiger partial charge on any atom is -0.207 e. The molecule has 1 fully saturated rings. The lowest BCUT2D eigenvalue weighted by Crippen LogP contribution is -2.43. The van der Waals surface area contributed by atoms with Crippen LogP contribution in [0.4, 0.5) is 0 Å². The van der Waals surface area contributed by atoms with Crippen LogP contribution in [0.15, 0.2) is 17.0 Å². The van der Waals surface area contributed by atoms with Gasteiger partial charge in [-0.1, -0.05) is 48.1 Å². The van der Waals surface area contributed by atoms with E-state index in [1.165, 1.54) is 12.1 Å². The van der Waals surface area contributed by atoms with Crippen LogP contribution in [0, 0.1) is 0 Å². The summed E-state index contributed by atoms with van der Waals surface area (Å²) in [6, 6.07) is 2.74. The van der Waals surface area contributed by atoms with Crippen molar-refractivity contribution in [3.63, 3.8) is 0 Å². The van der Waals surface area contributed by atoms with Crippen LogP contribution < -0.4 is 0 Å². The molecule has 0 amide bonds. The Balaban J connectivity index is 2.46. The summed E-state index contributed by atoms with van der Waals surface area (Å²) in [5.41, 5.74) is 0. The molecule has 1 aliphatic heterocycles. The topological polar surface area (TPSA) is 37.4 Å². The van der Waals surface area contributed by atoms with Crippen LogP contribution >= 0.6 is 34.8 Å². The van der Waals surface area contributed by atoms with Crippen molar-refractivity contribution in [3.05, 3.63) is 27.2 Å². The second-order valence-electron chi connectivity index (χ2n) is 4.87. The quantitative estimate of drug-likeness (QED) is 0.742. The van der Waals surface area contributed by atoms with Gasteiger partial charge in [-0.05, 0) is 31.4 Å². The van der Waals surface area contributed by atoms with Gasteiger partial charge in [0.1, 0.15) is 4.90 Å². The summed E-state index contributed by atoms with van der Waals surface area (Å²) in [4.78, 5) is 0.0360. The number of piperidine rings is 1. The Hall–Kier alpha value is -0.000000000000000111. The molecular formula is C13H16Cl3NO2S. The van der Waals surface area contributed by atoms with Gasteiger partial charge in [-0.25, -0.2) is 8.42 Å². The van der Waals surface area contributed by atoms with Crippen molar-refractivity contribution >= 4 is 44.8 Å². The highest BCUT2D eigenvalue weighted by atomic mass is 35.5. The normalized spacial score (nSPS) is 21.1. The first-order chi connectivity index (χ1) is 9.37. The molecule has 2 rings (SSSR count). The van der Waals surface area contributed by atoms with Gasteiger partial charge in [0.2, 0.25) is 10.0 Å². The van der Waals surface area contributed by atoms with E-state index in [1.807, 2.05) is 6.92 Å². The first-order valence-corrected chi connectivity index (χ1v) is 9.11. The van der Waals surface area contributed by atoms with Crippen molar-refractivity contribution < 1.29 is 8.42 Å². The van der Waals surface area contributed by atoms with E-state index in [2.05, 4.69) is 0 Å². The number of nitrogens with zero attached hydrogens (tertiary/aromatic N) is 1. The Morgan fingerprint density at radius 3 is 2.45 bits per heavy atom. The maximum atomic E-state index is 12.8. The van der Waals surface area contributed by atoms with E-state index in [4.69, 9.17) is 34.8 Å². The van der Waals surface area contributed by atoms with Crippen LogP contribution in [0.2, 0.25) is 15.1 Å². The molecule has 0 aromatic heterocycles. The standard InChI is InChI=1S/C13H16Cl3NO2S/c1-2-9-5-3-4-6-17(9)20(18,19)13-8-11(15)10(14)7-12(13)16/h7-9H,2-6H2,1H3/t9-/m1/s1. The van der Waals surface area contributed by atoms with E-state index >= 15 is 0 Å². The summed E-state index contributed by atoms with van der Waals surface area (Å²) < 4.78 is 27.1. The fraction of sp³-hybridized carbons (Fsp3) is 0.538. The molecule has 0 radical (unpaired) electrons. The van der Waals surface area contributed by atoms with Gasteiger partial charge in [0.25, 0.3) is 0 Å². The largest absolute Gasteiger partial charge is 0.244 e. The molecule has 1 aromatic carbocycles. The van der Waals surface area contributed by atoms with E-state index < -0.39 is 10.0 Å². The smallest absolute Gasteiger partial charge is 0.207 e. The molecule has 7 heteroatoms. The molecular weight excluding hydrogens is 341 g/mol. The van der Waals surface area contributed by atoms with Crippen molar-refractivity contribution in [2.24, 2.45) is 0 Å². The molecule has 1 aliphatic rings. The first kappa shape index (κ1) is 16.4. The predicted molar refractivity (Wildman–Crippen MR) is 83.3 cm³/mol. The van der Waals surface area contributed by atoms with E-state index in [0.29, 0.717) is 6.54 Å². The highest BCUT2D eigenvalue weighted by molar-refractivity contribution is 7.89. The molecule has 112 valence electrons. The Bertz CT molecular complexity index is 604. The van der Waals surface area contributed by atoms with Gasteiger partial charge >= 0.3 is 0 Å². The second kappa shape index (κ2) is 6.41. The lowest BCUT2D eigenvalue weighted by Gasteiger charge is -2.34. The average molecular weight is 357 g/mol. The van der Waals surface area contributed by atoms with Gasteiger partial charge in [0.15, 0.2) is 0 Å². The van der Waals surface area contributed by atoms with Gasteiger partial charge in [-0.15, -0.1) is 0 Å². The van der Waals surface area contributed by atoms with Gasteiger partial charge < -0.3 is 0 Å². The van der Waals surface area contributed by atoms with Crippen LogP contribution in [0.25, 0.3) is 0 Å². The summed E-state index contributed by atoms with van der Waals surface area (Å²) in [6.45, 7) is 2.52. The van der Waals surface area contributed by atoms with E-state index in [1.54, 1.807) is 4.31 Å². The Morgan fingerprint density at radius 1 is 1.15 bits per heavy atom. The third kappa shape index (κ3) is 3.09. The number of hydrogen-bond acceptors (Lipinski definition) is 2. The van der Waals surface area contributed by atoms with E-state index in [-0.39, 0.29) is 26.0 Å². The second-order valence-corrected chi connectivity index (χ2v) is 7.95. The van der Waals surface area contributed by atoms with Crippen LogP contribution in [0.1, 0.15) is 32.6 Å². The Labute approximate surface area is 134 Å². The minimum absolute atomic E-state index is 0.0271. The molecule has 0 saturated carbocycles. The minimum atomic E-state index is -3.63. The SMILES string of the molecule is CC[C@@H]1CCCCN1S(=O)(=O)c1cc(Cl)c(Cl)cc1Cl. The summed E-state index contributed by atoms with van der Waals surface area (Å²) >= 11 is 17.8. The molecule has 20 heavy (non-hydrogen) atoms. The van der Waals surface area contributed by atoms with E-state index in [0.717, 1.165) is 25.7 Å². The number of halogens is 3. The number of hydrogen-bond donors (Lipinski definition) is 0. The van der Waals surface area contributed by atoms with Crippen molar-refractivity contribution in [1.82, 2.24) is 4.31 Å². The number of sulfonamides is 1. The van der Waals surface area contributed by atoms with Crippen LogP contribution in [-0.4, -0.2) is 25.3 Å². The highest BCUT2D eigenvalue weighted by Crippen LogP contribution is 2.35. The monoisotopic (exact) mass is 355 g/mol. The Kier molecular flexibility index (Phi) is 5.24. The van der Waals surface area contributed by atoms with Gasteiger partial charge in [-0.3, -0.25) is 0 Å². The molecule has 0 N–H and O–H groups in total. The lowest BCUT2D eigenvalue weighted by molar-refractivity contribution is 0.246. The summed E-state index contributed by atoms with van der Waals surface area (Å²) in [5, 5.41) is 0.556. The van der Waals surface area contributed by atoms with Gasteiger partial charge in [0.05, 0.1) is 15.1 Å². The zero-order valence-electron chi connectivity index (χ0n) is 11.1. The zero-order valence-corrected chi connectivity index (χ0v) is 14.2. The zero-order chi connectivity index (χ0) is 14.9. The predicted octanol–water partition coefficient (Wildman–Crippen LogP) is 4.60. The van der Waals surface area contributed by atoms with Gasteiger partial charge in [0, 0.05) is 12.6 Å². The van der Waals surface area contributed by atoms with Crippen LogP contribution in [0.3, 0.4) is 0 Å².